The fourth-order valence-electron chi connectivity index (χ4n) is 0.733. The van der Waals surface area contributed by atoms with E-state index in [9.17, 15) is 4.79 Å². The van der Waals surface area contributed by atoms with Crippen molar-refractivity contribution in [3.63, 3.8) is 0 Å². The average molecular weight is 154 g/mol. The number of carbonyl (C=O) groups is 1. The quantitative estimate of drug-likeness (QED) is 0.607. The van der Waals surface area contributed by atoms with E-state index in [0.29, 0.717) is 6.54 Å². The summed E-state index contributed by atoms with van der Waals surface area (Å²) in [6.07, 6.45) is 3.47. The lowest BCUT2D eigenvalue weighted by Crippen LogP contribution is -2.29. The molecule has 1 aromatic heterocycles. The Balaban J connectivity index is 2.51. The smallest absolute Gasteiger partial charge is 0.312 e. The Morgan fingerprint density at radius 2 is 2.64 bits per heavy atom. The van der Waals surface area contributed by atoms with Gasteiger partial charge in [-0.15, -0.1) is 0 Å². The molecule has 0 aliphatic rings. The molecule has 60 valence electrons. The van der Waals surface area contributed by atoms with Gasteiger partial charge in [-0.1, -0.05) is 0 Å². The van der Waals surface area contributed by atoms with Crippen molar-refractivity contribution in [3.8, 4) is 0 Å². The van der Waals surface area contributed by atoms with Crippen LogP contribution in [0.3, 0.4) is 0 Å². The first-order valence-corrected chi connectivity index (χ1v) is 3.19. The Labute approximate surface area is 64.2 Å². The summed E-state index contributed by atoms with van der Waals surface area (Å²) >= 11 is 0. The third-order valence-corrected chi connectivity index (χ3v) is 1.34. The molecule has 0 spiro atoms. The zero-order chi connectivity index (χ0) is 8.27. The van der Waals surface area contributed by atoms with Gasteiger partial charge in [-0.2, -0.15) is 0 Å². The van der Waals surface area contributed by atoms with Crippen molar-refractivity contribution < 1.29 is 4.79 Å². The fourth-order valence-corrected chi connectivity index (χ4v) is 0.733. The van der Waals surface area contributed by atoms with Crippen molar-refractivity contribution in [2.45, 2.75) is 6.54 Å². The first-order chi connectivity index (χ1) is 5.20. The Hall–Kier alpha value is -1.52. The molecule has 0 saturated heterocycles. The number of nitrogens with two attached hydrogens (primary N) is 1. The van der Waals surface area contributed by atoms with Gasteiger partial charge in [-0.3, -0.25) is 0 Å². The molecular weight excluding hydrogens is 144 g/mol. The molecule has 3 N–H and O–H groups in total. The van der Waals surface area contributed by atoms with Crippen molar-refractivity contribution in [2.24, 2.45) is 12.8 Å². The number of aryl methyl sites for hydroxylation is 1. The van der Waals surface area contributed by atoms with Crippen molar-refractivity contribution in [1.29, 1.82) is 0 Å². The summed E-state index contributed by atoms with van der Waals surface area (Å²) in [7, 11) is 1.85. The maximum atomic E-state index is 10.3. The van der Waals surface area contributed by atoms with E-state index in [0.717, 1.165) is 5.82 Å². The Bertz CT molecular complexity index is 255. The second-order valence-electron chi connectivity index (χ2n) is 2.17. The first kappa shape index (κ1) is 7.59. The monoisotopic (exact) mass is 154 g/mol. The molecule has 1 aromatic rings. The van der Waals surface area contributed by atoms with Crippen LogP contribution in [0.1, 0.15) is 5.82 Å². The van der Waals surface area contributed by atoms with E-state index in [2.05, 4.69) is 10.3 Å². The highest BCUT2D eigenvalue weighted by atomic mass is 16.2. The number of hydrogen-bond donors (Lipinski definition) is 2. The molecule has 11 heavy (non-hydrogen) atoms. The van der Waals surface area contributed by atoms with E-state index >= 15 is 0 Å². The third-order valence-electron chi connectivity index (χ3n) is 1.34. The summed E-state index contributed by atoms with van der Waals surface area (Å²) in [5.41, 5.74) is 4.87. The van der Waals surface area contributed by atoms with E-state index in [-0.39, 0.29) is 0 Å². The lowest BCUT2D eigenvalue weighted by atomic mass is 10.6. The zero-order valence-corrected chi connectivity index (χ0v) is 6.24. The van der Waals surface area contributed by atoms with Gasteiger partial charge in [0.25, 0.3) is 0 Å². The molecule has 0 radical (unpaired) electrons. The highest BCUT2D eigenvalue weighted by molar-refractivity contribution is 5.71. The topological polar surface area (TPSA) is 72.9 Å². The van der Waals surface area contributed by atoms with Crippen molar-refractivity contribution >= 4 is 6.03 Å². The summed E-state index contributed by atoms with van der Waals surface area (Å²) in [5, 5.41) is 2.44. The molecule has 2 amide bonds. The standard InChI is InChI=1S/C6H10N4O/c1-10-3-2-8-5(10)4-9-6(7)11/h2-3H,4H2,1H3,(H3,7,9,11). The number of urea groups is 1. The lowest BCUT2D eigenvalue weighted by Gasteiger charge is -2.00. The van der Waals surface area contributed by atoms with Gasteiger partial charge in [0.15, 0.2) is 0 Å². The van der Waals surface area contributed by atoms with Gasteiger partial charge in [0.2, 0.25) is 0 Å². The highest BCUT2D eigenvalue weighted by Gasteiger charge is 1.98. The highest BCUT2D eigenvalue weighted by Crippen LogP contribution is 1.91. The summed E-state index contributed by atoms with van der Waals surface area (Å²) in [4.78, 5) is 14.3. The SMILES string of the molecule is Cn1ccnc1CNC(N)=O. The number of carbonyl (C=O) groups excluding carboxylic acids is 1. The van der Waals surface area contributed by atoms with E-state index < -0.39 is 6.03 Å². The molecule has 0 fully saturated rings. The van der Waals surface area contributed by atoms with Gasteiger partial charge in [-0.05, 0) is 0 Å². The maximum Gasteiger partial charge on any atom is 0.312 e. The van der Waals surface area contributed by atoms with Crippen LogP contribution in [-0.2, 0) is 13.6 Å². The van der Waals surface area contributed by atoms with Gasteiger partial charge in [0, 0.05) is 19.4 Å². The predicted molar refractivity (Wildman–Crippen MR) is 39.6 cm³/mol. The number of hydrogen-bond acceptors (Lipinski definition) is 2. The molecule has 0 saturated carbocycles. The van der Waals surface area contributed by atoms with Gasteiger partial charge < -0.3 is 15.6 Å². The number of nitrogens with zero attached hydrogens (tertiary/aromatic N) is 2. The predicted octanol–water partition coefficient (Wildman–Crippen LogP) is -0.412. The Kier molecular flexibility index (Phi) is 2.10. The fraction of sp³-hybridized carbons (Fsp3) is 0.333. The average Bonchev–Trinajstić information content (AvgIpc) is 2.31. The molecule has 0 atom stereocenters. The van der Waals surface area contributed by atoms with Crippen LogP contribution < -0.4 is 11.1 Å². The zero-order valence-electron chi connectivity index (χ0n) is 6.24. The molecule has 1 heterocycles. The van der Waals surface area contributed by atoms with E-state index in [1.807, 2.05) is 11.6 Å². The van der Waals surface area contributed by atoms with Crippen LogP contribution >= 0.6 is 0 Å². The van der Waals surface area contributed by atoms with Gasteiger partial charge in [0.05, 0.1) is 6.54 Å². The Morgan fingerprint density at radius 3 is 3.09 bits per heavy atom. The molecule has 0 bridgehead atoms. The van der Waals surface area contributed by atoms with E-state index in [4.69, 9.17) is 5.73 Å². The maximum absolute atomic E-state index is 10.3. The molecule has 0 aliphatic carbocycles. The summed E-state index contributed by atoms with van der Waals surface area (Å²) < 4.78 is 1.82. The molecule has 5 nitrogen and oxygen atoms in total. The van der Waals surface area contributed by atoms with Crippen molar-refractivity contribution in [3.05, 3.63) is 18.2 Å². The van der Waals surface area contributed by atoms with Crippen LogP contribution in [0.5, 0.6) is 0 Å². The summed E-state index contributed by atoms with van der Waals surface area (Å²) in [5.74, 6) is 0.781. The van der Waals surface area contributed by atoms with Crippen LogP contribution in [0, 0.1) is 0 Å². The van der Waals surface area contributed by atoms with Crippen molar-refractivity contribution in [2.75, 3.05) is 0 Å². The minimum atomic E-state index is -0.534. The number of nitrogens with one attached hydrogen (secondary N) is 1. The largest absolute Gasteiger partial charge is 0.352 e. The molecular formula is C6H10N4O. The first-order valence-electron chi connectivity index (χ1n) is 3.19. The molecule has 0 aliphatic heterocycles. The normalized spacial score (nSPS) is 9.55. The minimum Gasteiger partial charge on any atom is -0.352 e. The molecule has 0 aromatic carbocycles. The number of amides is 2. The van der Waals surface area contributed by atoms with E-state index in [1.165, 1.54) is 0 Å². The summed E-state index contributed by atoms with van der Waals surface area (Å²) in [6, 6.07) is -0.534. The van der Waals surface area contributed by atoms with Crippen LogP contribution in [0.4, 0.5) is 4.79 Å². The van der Waals surface area contributed by atoms with Crippen LogP contribution in [0.15, 0.2) is 12.4 Å². The second kappa shape index (κ2) is 3.05. The van der Waals surface area contributed by atoms with Crippen molar-refractivity contribution in [1.82, 2.24) is 14.9 Å². The molecule has 5 heteroatoms. The molecule has 1 rings (SSSR count). The van der Waals surface area contributed by atoms with Crippen LogP contribution in [0.25, 0.3) is 0 Å². The Morgan fingerprint density at radius 1 is 1.91 bits per heavy atom. The number of aromatic nitrogens is 2. The van der Waals surface area contributed by atoms with Crippen LogP contribution in [0.2, 0.25) is 0 Å². The number of rotatable bonds is 2. The van der Waals surface area contributed by atoms with Crippen LogP contribution in [-0.4, -0.2) is 15.6 Å². The van der Waals surface area contributed by atoms with E-state index in [1.54, 1.807) is 12.4 Å². The number of imidazole rings is 1. The number of primary amides is 1. The van der Waals surface area contributed by atoms with Gasteiger partial charge in [-0.25, -0.2) is 9.78 Å². The lowest BCUT2D eigenvalue weighted by molar-refractivity contribution is 0.248. The summed E-state index contributed by atoms with van der Waals surface area (Å²) in [6.45, 7) is 0.374. The third kappa shape index (κ3) is 1.96. The minimum absolute atomic E-state index is 0.374. The molecule has 0 unspecified atom stereocenters. The van der Waals surface area contributed by atoms with Gasteiger partial charge in [0.1, 0.15) is 5.82 Å². The second-order valence-corrected chi connectivity index (χ2v) is 2.17. The van der Waals surface area contributed by atoms with Gasteiger partial charge >= 0.3 is 6.03 Å².